The first-order valence-corrected chi connectivity index (χ1v) is 7.86. The van der Waals surface area contributed by atoms with E-state index in [4.69, 9.17) is 9.47 Å². The van der Waals surface area contributed by atoms with Crippen molar-refractivity contribution in [2.24, 2.45) is 0 Å². The highest BCUT2D eigenvalue weighted by Gasteiger charge is 2.38. The summed E-state index contributed by atoms with van der Waals surface area (Å²) in [5, 5.41) is 5.99. The van der Waals surface area contributed by atoms with Crippen molar-refractivity contribution in [1.82, 2.24) is 10.1 Å². The van der Waals surface area contributed by atoms with Gasteiger partial charge in [0.15, 0.2) is 11.5 Å². The van der Waals surface area contributed by atoms with Gasteiger partial charge in [0.25, 0.3) is 5.91 Å². The van der Waals surface area contributed by atoms with E-state index in [0.29, 0.717) is 17.2 Å². The number of alkyl halides is 3. The van der Waals surface area contributed by atoms with Gasteiger partial charge < -0.3 is 19.3 Å². The van der Waals surface area contributed by atoms with Gasteiger partial charge in [-0.1, -0.05) is 17.3 Å². The number of nitrogens with zero attached hydrogens (tertiary/aromatic N) is 2. The fourth-order valence-corrected chi connectivity index (χ4v) is 2.34. The summed E-state index contributed by atoms with van der Waals surface area (Å²) >= 11 is 0. The Morgan fingerprint density at radius 2 is 1.71 bits per heavy atom. The third-order valence-electron chi connectivity index (χ3n) is 3.72. The number of amides is 1. The van der Waals surface area contributed by atoms with E-state index in [0.717, 1.165) is 0 Å². The second-order valence-corrected chi connectivity index (χ2v) is 5.52. The van der Waals surface area contributed by atoms with Gasteiger partial charge in [-0.25, -0.2) is 0 Å². The highest BCUT2D eigenvalue weighted by molar-refractivity contribution is 6.04. The average Bonchev–Trinajstić information content (AvgIpc) is 3.18. The highest BCUT2D eigenvalue weighted by Crippen LogP contribution is 2.31. The molecule has 7 nitrogen and oxygen atoms in total. The monoisotopic (exact) mass is 393 g/mol. The predicted octanol–water partition coefficient (Wildman–Crippen LogP) is 4.02. The Morgan fingerprint density at radius 1 is 1.04 bits per heavy atom. The van der Waals surface area contributed by atoms with E-state index in [-0.39, 0.29) is 17.0 Å². The number of anilines is 1. The number of benzene rings is 2. The van der Waals surface area contributed by atoms with Gasteiger partial charge in [0, 0.05) is 22.9 Å². The van der Waals surface area contributed by atoms with Gasteiger partial charge in [-0.15, -0.1) is 0 Å². The summed E-state index contributed by atoms with van der Waals surface area (Å²) in [4.78, 5) is 15.7. The quantitative estimate of drug-likeness (QED) is 0.705. The summed E-state index contributed by atoms with van der Waals surface area (Å²) in [5.41, 5.74) is 1.06. The Hall–Kier alpha value is -3.56. The molecule has 0 radical (unpaired) electrons. The molecular weight excluding hydrogens is 379 g/mol. The van der Waals surface area contributed by atoms with Crippen LogP contribution < -0.4 is 14.8 Å². The second kappa shape index (κ2) is 7.59. The molecule has 3 aromatic rings. The van der Waals surface area contributed by atoms with Crippen LogP contribution in [0.2, 0.25) is 0 Å². The minimum atomic E-state index is -4.72. The summed E-state index contributed by atoms with van der Waals surface area (Å²) in [6.07, 6.45) is -4.72. The maximum Gasteiger partial charge on any atom is 0.471 e. The van der Waals surface area contributed by atoms with E-state index in [9.17, 15) is 18.0 Å². The zero-order valence-electron chi connectivity index (χ0n) is 14.7. The van der Waals surface area contributed by atoms with Crippen molar-refractivity contribution in [3.8, 4) is 22.9 Å². The van der Waals surface area contributed by atoms with Crippen molar-refractivity contribution in [3.05, 3.63) is 53.9 Å². The smallest absolute Gasteiger partial charge is 0.471 e. The number of hydrogen-bond donors (Lipinski definition) is 1. The largest absolute Gasteiger partial charge is 0.493 e. The van der Waals surface area contributed by atoms with Crippen LogP contribution in [0, 0.1) is 0 Å². The van der Waals surface area contributed by atoms with Gasteiger partial charge in [-0.2, -0.15) is 18.2 Å². The van der Waals surface area contributed by atoms with Crippen LogP contribution in [0.5, 0.6) is 11.5 Å². The maximum absolute atomic E-state index is 12.5. The van der Waals surface area contributed by atoms with E-state index in [2.05, 4.69) is 20.0 Å². The minimum Gasteiger partial charge on any atom is -0.493 e. The van der Waals surface area contributed by atoms with Crippen LogP contribution in [0.4, 0.5) is 18.9 Å². The lowest BCUT2D eigenvalue weighted by atomic mass is 10.1. The molecule has 0 saturated heterocycles. The van der Waals surface area contributed by atoms with Crippen LogP contribution in [0.3, 0.4) is 0 Å². The second-order valence-electron chi connectivity index (χ2n) is 5.52. The van der Waals surface area contributed by atoms with E-state index in [1.54, 1.807) is 18.2 Å². The van der Waals surface area contributed by atoms with Crippen LogP contribution >= 0.6 is 0 Å². The Bertz CT molecular complexity index is 984. The zero-order valence-corrected chi connectivity index (χ0v) is 14.7. The van der Waals surface area contributed by atoms with Crippen molar-refractivity contribution >= 4 is 11.6 Å². The lowest BCUT2D eigenvalue weighted by Gasteiger charge is -2.10. The molecule has 0 bridgehead atoms. The van der Waals surface area contributed by atoms with Crippen molar-refractivity contribution in [1.29, 1.82) is 0 Å². The maximum atomic E-state index is 12.5. The Morgan fingerprint density at radius 3 is 2.29 bits per heavy atom. The highest BCUT2D eigenvalue weighted by atomic mass is 19.4. The molecule has 3 rings (SSSR count). The van der Waals surface area contributed by atoms with Crippen LogP contribution in [0.1, 0.15) is 16.2 Å². The molecule has 0 spiro atoms. The Labute approximate surface area is 157 Å². The standard InChI is InChI=1S/C18H14F3N3O4/c1-26-13-8-7-12(9-14(13)27-2)22-16(25)11-5-3-10(4-6-11)15-23-17(28-24-15)18(19,20)21/h3-9H,1-2H3,(H,22,25). The normalized spacial score (nSPS) is 11.2. The first-order valence-electron chi connectivity index (χ1n) is 7.86. The molecule has 0 saturated carbocycles. The summed E-state index contributed by atoms with van der Waals surface area (Å²) < 4.78 is 52.1. The molecule has 0 atom stereocenters. The van der Waals surface area contributed by atoms with Gasteiger partial charge in [-0.05, 0) is 24.3 Å². The summed E-state index contributed by atoms with van der Waals surface area (Å²) in [7, 11) is 2.98. The molecule has 146 valence electrons. The topological polar surface area (TPSA) is 86.5 Å². The first-order chi connectivity index (χ1) is 13.3. The molecule has 1 N–H and O–H groups in total. The Balaban J connectivity index is 1.74. The van der Waals surface area contributed by atoms with Gasteiger partial charge in [0.05, 0.1) is 14.2 Å². The molecule has 1 aromatic heterocycles. The first kappa shape index (κ1) is 19.2. The van der Waals surface area contributed by atoms with Gasteiger partial charge >= 0.3 is 12.1 Å². The van der Waals surface area contributed by atoms with Crippen LogP contribution in [0.15, 0.2) is 47.0 Å². The summed E-state index contributed by atoms with van der Waals surface area (Å²) in [6, 6.07) is 10.6. The molecule has 0 aliphatic rings. The third-order valence-corrected chi connectivity index (χ3v) is 3.72. The molecular formula is C18H14F3N3O4. The van der Waals surface area contributed by atoms with E-state index in [1.165, 1.54) is 38.5 Å². The van der Waals surface area contributed by atoms with E-state index >= 15 is 0 Å². The molecule has 10 heteroatoms. The average molecular weight is 393 g/mol. The number of carbonyl (C=O) groups is 1. The molecule has 1 heterocycles. The number of nitrogens with one attached hydrogen (secondary N) is 1. The van der Waals surface area contributed by atoms with Crippen LogP contribution in [0.25, 0.3) is 11.4 Å². The molecule has 28 heavy (non-hydrogen) atoms. The minimum absolute atomic E-state index is 0.223. The SMILES string of the molecule is COc1ccc(NC(=O)c2ccc(-c3noc(C(F)(F)F)n3)cc2)cc1OC. The molecule has 0 fully saturated rings. The van der Waals surface area contributed by atoms with Crippen LogP contribution in [-0.4, -0.2) is 30.3 Å². The van der Waals surface area contributed by atoms with E-state index < -0.39 is 18.0 Å². The Kier molecular flexibility index (Phi) is 5.21. The number of hydrogen-bond acceptors (Lipinski definition) is 6. The lowest BCUT2D eigenvalue weighted by Crippen LogP contribution is -2.11. The van der Waals surface area contributed by atoms with Gasteiger partial charge in [0.2, 0.25) is 5.82 Å². The number of aromatic nitrogens is 2. The van der Waals surface area contributed by atoms with Crippen LogP contribution in [-0.2, 0) is 6.18 Å². The number of halogens is 3. The molecule has 2 aromatic carbocycles. The van der Waals surface area contributed by atoms with E-state index in [1.807, 2.05) is 0 Å². The number of rotatable bonds is 5. The van der Waals surface area contributed by atoms with Crippen molar-refractivity contribution in [3.63, 3.8) is 0 Å². The van der Waals surface area contributed by atoms with Crippen molar-refractivity contribution < 1.29 is 32.0 Å². The number of methoxy groups -OCH3 is 2. The number of ether oxygens (including phenoxy) is 2. The number of carbonyl (C=O) groups excluding carboxylic acids is 1. The lowest BCUT2D eigenvalue weighted by molar-refractivity contribution is -0.159. The van der Waals surface area contributed by atoms with Crippen molar-refractivity contribution in [2.45, 2.75) is 6.18 Å². The van der Waals surface area contributed by atoms with Gasteiger partial charge in [-0.3, -0.25) is 4.79 Å². The molecule has 0 unspecified atom stereocenters. The fraction of sp³-hybridized carbons (Fsp3) is 0.167. The molecule has 0 aliphatic carbocycles. The predicted molar refractivity (Wildman–Crippen MR) is 92.2 cm³/mol. The molecule has 0 aliphatic heterocycles. The van der Waals surface area contributed by atoms with Gasteiger partial charge in [0.1, 0.15) is 0 Å². The third kappa shape index (κ3) is 4.05. The van der Waals surface area contributed by atoms with Crippen molar-refractivity contribution in [2.75, 3.05) is 19.5 Å². The zero-order chi connectivity index (χ0) is 20.3. The summed E-state index contributed by atoms with van der Waals surface area (Å²) in [5.74, 6) is -1.10. The fourth-order valence-electron chi connectivity index (χ4n) is 2.34. The summed E-state index contributed by atoms with van der Waals surface area (Å²) in [6.45, 7) is 0. The molecule has 1 amide bonds.